The van der Waals surface area contributed by atoms with Crippen molar-refractivity contribution in [3.8, 4) is 5.69 Å². The number of rotatable bonds is 2. The highest BCUT2D eigenvalue weighted by Crippen LogP contribution is 2.13. The molecular weight excluding hydrogens is 264 g/mol. The lowest BCUT2D eigenvalue weighted by Crippen LogP contribution is -2.34. The average Bonchev–Trinajstić information content (AvgIpc) is 2.74. The number of carbonyl (C=O) groups is 1. The Kier molecular flexibility index (Phi) is 4.01. The predicted octanol–water partition coefficient (Wildman–Crippen LogP) is 1.62. The molecular formula is C16H20N4O. The third kappa shape index (κ3) is 2.97. The number of amides is 1. The molecule has 1 aromatic heterocycles. The van der Waals surface area contributed by atoms with Crippen LogP contribution in [0.15, 0.2) is 36.4 Å². The van der Waals surface area contributed by atoms with Crippen LogP contribution in [0.3, 0.4) is 0 Å². The number of nitrogens with one attached hydrogen (secondary N) is 1. The van der Waals surface area contributed by atoms with Gasteiger partial charge in [-0.05, 0) is 38.1 Å². The van der Waals surface area contributed by atoms with Gasteiger partial charge < -0.3 is 10.2 Å². The largest absolute Gasteiger partial charge is 0.336 e. The molecule has 1 aliphatic rings. The van der Waals surface area contributed by atoms with Crippen LogP contribution in [0.5, 0.6) is 0 Å². The van der Waals surface area contributed by atoms with E-state index >= 15 is 0 Å². The van der Waals surface area contributed by atoms with Gasteiger partial charge in [0.15, 0.2) is 5.69 Å². The minimum absolute atomic E-state index is 0.0245. The van der Waals surface area contributed by atoms with Gasteiger partial charge in [0.2, 0.25) is 0 Å². The SMILES string of the molecule is Cc1cc(C(=O)N2CCCNCC2)nn1-c1ccccc1. The molecule has 1 aliphatic heterocycles. The second-order valence-corrected chi connectivity index (χ2v) is 5.31. The first-order valence-corrected chi connectivity index (χ1v) is 7.38. The second kappa shape index (κ2) is 6.10. The van der Waals surface area contributed by atoms with E-state index in [-0.39, 0.29) is 5.91 Å². The summed E-state index contributed by atoms with van der Waals surface area (Å²) < 4.78 is 1.82. The third-order valence-electron chi connectivity index (χ3n) is 3.73. The van der Waals surface area contributed by atoms with Crippen molar-refractivity contribution >= 4 is 5.91 Å². The maximum Gasteiger partial charge on any atom is 0.274 e. The van der Waals surface area contributed by atoms with Crippen LogP contribution in [-0.4, -0.2) is 46.8 Å². The summed E-state index contributed by atoms with van der Waals surface area (Å²) in [5.74, 6) is 0.0245. The number of carbonyl (C=O) groups excluding carboxylic acids is 1. The number of para-hydroxylation sites is 1. The Hall–Kier alpha value is -2.14. The molecule has 21 heavy (non-hydrogen) atoms. The van der Waals surface area contributed by atoms with E-state index in [9.17, 15) is 4.79 Å². The summed E-state index contributed by atoms with van der Waals surface area (Å²) in [6.07, 6.45) is 0.990. The van der Waals surface area contributed by atoms with Crippen LogP contribution in [0, 0.1) is 6.92 Å². The van der Waals surface area contributed by atoms with Gasteiger partial charge >= 0.3 is 0 Å². The average molecular weight is 284 g/mol. The number of aryl methyl sites for hydroxylation is 1. The minimum Gasteiger partial charge on any atom is -0.336 e. The molecule has 0 atom stereocenters. The molecule has 5 nitrogen and oxygen atoms in total. The van der Waals surface area contributed by atoms with Gasteiger partial charge in [-0.15, -0.1) is 0 Å². The summed E-state index contributed by atoms with van der Waals surface area (Å²) in [5, 5.41) is 7.80. The first-order chi connectivity index (χ1) is 10.3. The van der Waals surface area contributed by atoms with Crippen LogP contribution in [0.4, 0.5) is 0 Å². The Balaban J connectivity index is 1.85. The Bertz CT molecular complexity index is 612. The fraction of sp³-hybridized carbons (Fsp3) is 0.375. The third-order valence-corrected chi connectivity index (χ3v) is 3.73. The Morgan fingerprint density at radius 3 is 2.81 bits per heavy atom. The maximum absolute atomic E-state index is 12.6. The Morgan fingerprint density at radius 1 is 1.19 bits per heavy atom. The zero-order valence-corrected chi connectivity index (χ0v) is 12.2. The van der Waals surface area contributed by atoms with E-state index in [2.05, 4.69) is 10.4 Å². The smallest absolute Gasteiger partial charge is 0.274 e. The fourth-order valence-corrected chi connectivity index (χ4v) is 2.62. The summed E-state index contributed by atoms with van der Waals surface area (Å²) in [6.45, 7) is 5.34. The van der Waals surface area contributed by atoms with Gasteiger partial charge in [-0.2, -0.15) is 5.10 Å². The lowest BCUT2D eigenvalue weighted by atomic mass is 10.3. The highest BCUT2D eigenvalue weighted by atomic mass is 16.2. The first kappa shape index (κ1) is 13.8. The molecule has 0 spiro atoms. The summed E-state index contributed by atoms with van der Waals surface area (Å²) >= 11 is 0. The molecule has 0 radical (unpaired) electrons. The standard InChI is InChI=1S/C16H20N4O/c1-13-12-15(16(21)19-10-5-8-17-9-11-19)18-20(13)14-6-3-2-4-7-14/h2-4,6-7,12,17H,5,8-11H2,1H3. The highest BCUT2D eigenvalue weighted by molar-refractivity contribution is 5.92. The predicted molar refractivity (Wildman–Crippen MR) is 81.7 cm³/mol. The molecule has 110 valence electrons. The van der Waals surface area contributed by atoms with E-state index in [1.807, 2.05) is 52.9 Å². The Morgan fingerprint density at radius 2 is 2.00 bits per heavy atom. The number of hydrogen-bond donors (Lipinski definition) is 1. The lowest BCUT2D eigenvalue weighted by Gasteiger charge is -2.18. The quantitative estimate of drug-likeness (QED) is 0.911. The molecule has 0 unspecified atom stereocenters. The summed E-state index contributed by atoms with van der Waals surface area (Å²) in [5.41, 5.74) is 2.47. The molecule has 0 bridgehead atoms. The first-order valence-electron chi connectivity index (χ1n) is 7.38. The van der Waals surface area contributed by atoms with Crippen LogP contribution in [0.2, 0.25) is 0 Å². The van der Waals surface area contributed by atoms with Gasteiger partial charge in [0.05, 0.1) is 5.69 Å². The maximum atomic E-state index is 12.6. The minimum atomic E-state index is 0.0245. The fourth-order valence-electron chi connectivity index (χ4n) is 2.62. The van der Waals surface area contributed by atoms with E-state index < -0.39 is 0 Å². The van der Waals surface area contributed by atoms with E-state index in [1.54, 1.807) is 0 Å². The number of aromatic nitrogens is 2. The molecule has 1 aromatic carbocycles. The van der Waals surface area contributed by atoms with E-state index in [0.29, 0.717) is 5.69 Å². The number of nitrogens with zero attached hydrogens (tertiary/aromatic N) is 3. The molecule has 1 saturated heterocycles. The molecule has 2 heterocycles. The summed E-state index contributed by atoms with van der Waals surface area (Å²) in [7, 11) is 0. The van der Waals surface area contributed by atoms with Crippen molar-refractivity contribution in [2.24, 2.45) is 0 Å². The van der Waals surface area contributed by atoms with Gasteiger partial charge in [-0.3, -0.25) is 4.79 Å². The van der Waals surface area contributed by atoms with Crippen LogP contribution >= 0.6 is 0 Å². The molecule has 1 amide bonds. The van der Waals surface area contributed by atoms with Gasteiger partial charge in [-0.1, -0.05) is 18.2 Å². The van der Waals surface area contributed by atoms with Crippen LogP contribution in [0.25, 0.3) is 5.69 Å². The van der Waals surface area contributed by atoms with Crippen LogP contribution in [-0.2, 0) is 0 Å². The van der Waals surface area contributed by atoms with Gasteiger partial charge in [0.1, 0.15) is 0 Å². The monoisotopic (exact) mass is 284 g/mol. The normalized spacial score (nSPS) is 15.8. The number of benzene rings is 1. The van der Waals surface area contributed by atoms with Crippen molar-refractivity contribution in [3.05, 3.63) is 47.8 Å². The van der Waals surface area contributed by atoms with Crippen molar-refractivity contribution in [2.45, 2.75) is 13.3 Å². The van der Waals surface area contributed by atoms with Crippen molar-refractivity contribution in [3.63, 3.8) is 0 Å². The van der Waals surface area contributed by atoms with Crippen LogP contribution < -0.4 is 5.32 Å². The second-order valence-electron chi connectivity index (χ2n) is 5.31. The summed E-state index contributed by atoms with van der Waals surface area (Å²) in [6, 6.07) is 11.8. The molecule has 1 N–H and O–H groups in total. The van der Waals surface area contributed by atoms with E-state index in [4.69, 9.17) is 0 Å². The molecule has 5 heteroatoms. The Labute approximate surface area is 124 Å². The topological polar surface area (TPSA) is 50.2 Å². The zero-order chi connectivity index (χ0) is 14.7. The molecule has 0 saturated carbocycles. The molecule has 3 rings (SSSR count). The van der Waals surface area contributed by atoms with Crippen molar-refractivity contribution in [2.75, 3.05) is 26.2 Å². The van der Waals surface area contributed by atoms with E-state index in [1.165, 1.54) is 0 Å². The number of hydrogen-bond acceptors (Lipinski definition) is 3. The zero-order valence-electron chi connectivity index (χ0n) is 12.2. The van der Waals surface area contributed by atoms with Gasteiger partial charge in [0, 0.05) is 25.3 Å². The van der Waals surface area contributed by atoms with Crippen molar-refractivity contribution < 1.29 is 4.79 Å². The summed E-state index contributed by atoms with van der Waals surface area (Å²) in [4.78, 5) is 14.5. The van der Waals surface area contributed by atoms with Crippen molar-refractivity contribution in [1.29, 1.82) is 0 Å². The van der Waals surface area contributed by atoms with Crippen LogP contribution in [0.1, 0.15) is 22.6 Å². The molecule has 2 aromatic rings. The lowest BCUT2D eigenvalue weighted by molar-refractivity contribution is 0.0760. The molecule has 0 aliphatic carbocycles. The van der Waals surface area contributed by atoms with Gasteiger partial charge in [-0.25, -0.2) is 4.68 Å². The molecule has 1 fully saturated rings. The van der Waals surface area contributed by atoms with E-state index in [0.717, 1.165) is 44.0 Å². The van der Waals surface area contributed by atoms with Crippen molar-refractivity contribution in [1.82, 2.24) is 20.0 Å². The highest BCUT2D eigenvalue weighted by Gasteiger charge is 2.20. The van der Waals surface area contributed by atoms with Gasteiger partial charge in [0.25, 0.3) is 5.91 Å².